The maximum Gasteiger partial charge on any atom is 0.170 e. The molecule has 0 aliphatic carbocycles. The lowest BCUT2D eigenvalue weighted by molar-refractivity contribution is 0.431. The Labute approximate surface area is 93.1 Å². The van der Waals surface area contributed by atoms with Gasteiger partial charge in [-0.2, -0.15) is 0 Å². The highest BCUT2D eigenvalue weighted by Gasteiger charge is 2.16. The Hall–Kier alpha value is -0.800. The number of rotatable bonds is 2. The highest BCUT2D eigenvalue weighted by molar-refractivity contribution is 6.32. The summed E-state index contributed by atoms with van der Waals surface area (Å²) in [5, 5.41) is 12.6. The molecule has 0 saturated carbocycles. The fourth-order valence-corrected chi connectivity index (χ4v) is 2.18. The number of hydrogen-bond donors (Lipinski definition) is 2. The third kappa shape index (κ3) is 2.41. The maximum atomic E-state index is 13.2. The number of halogens is 2. The van der Waals surface area contributed by atoms with E-state index in [9.17, 15) is 4.39 Å². The van der Waals surface area contributed by atoms with E-state index in [-0.39, 0.29) is 5.02 Å². The van der Waals surface area contributed by atoms with Crippen molar-refractivity contribution in [2.75, 3.05) is 6.54 Å². The summed E-state index contributed by atoms with van der Waals surface area (Å²) in [5.41, 5.74) is 0.828. The van der Waals surface area contributed by atoms with Gasteiger partial charge in [-0.3, -0.25) is 0 Å². The number of benzene rings is 1. The second-order valence-electron chi connectivity index (χ2n) is 3.91. The Morgan fingerprint density at radius 2 is 2.33 bits per heavy atom. The molecule has 0 spiro atoms. The van der Waals surface area contributed by atoms with Crippen LogP contribution in [0.3, 0.4) is 0 Å². The Kier molecular flexibility index (Phi) is 3.12. The van der Waals surface area contributed by atoms with Crippen molar-refractivity contribution >= 4 is 11.6 Å². The molecule has 82 valence electrons. The summed E-state index contributed by atoms with van der Waals surface area (Å²) < 4.78 is 13.2. The average Bonchev–Trinajstić information content (AvgIpc) is 2.66. The van der Waals surface area contributed by atoms with E-state index in [1.807, 2.05) is 0 Å². The molecule has 1 aromatic carbocycles. The smallest absolute Gasteiger partial charge is 0.170 e. The summed E-state index contributed by atoms with van der Waals surface area (Å²) >= 11 is 5.69. The van der Waals surface area contributed by atoms with Gasteiger partial charge in [0.2, 0.25) is 0 Å². The van der Waals surface area contributed by atoms with Crippen LogP contribution in [0.2, 0.25) is 5.02 Å². The normalized spacial score (nSPS) is 20.8. The van der Waals surface area contributed by atoms with Gasteiger partial charge in [-0.25, -0.2) is 4.39 Å². The van der Waals surface area contributed by atoms with Gasteiger partial charge in [0, 0.05) is 6.04 Å². The SMILES string of the molecule is Oc1c(F)cc(CC2CCCN2)cc1Cl. The first-order valence-electron chi connectivity index (χ1n) is 5.07. The quantitative estimate of drug-likeness (QED) is 0.817. The van der Waals surface area contributed by atoms with Crippen LogP contribution in [-0.2, 0) is 6.42 Å². The van der Waals surface area contributed by atoms with Crippen LogP contribution < -0.4 is 5.32 Å². The molecule has 0 radical (unpaired) electrons. The Morgan fingerprint density at radius 3 is 2.93 bits per heavy atom. The molecule has 2 rings (SSSR count). The first-order valence-corrected chi connectivity index (χ1v) is 5.45. The standard InChI is InChI=1S/C11H13ClFNO/c12-9-5-7(6-10(13)11(9)15)4-8-2-1-3-14-8/h5-6,8,14-15H,1-4H2. The molecule has 4 heteroatoms. The summed E-state index contributed by atoms with van der Waals surface area (Å²) in [6.07, 6.45) is 3.04. The van der Waals surface area contributed by atoms with Crippen LogP contribution in [0.4, 0.5) is 4.39 Å². The summed E-state index contributed by atoms with van der Waals surface area (Å²) in [5.74, 6) is -1.10. The minimum absolute atomic E-state index is 0.0861. The van der Waals surface area contributed by atoms with Crippen molar-refractivity contribution in [2.24, 2.45) is 0 Å². The Morgan fingerprint density at radius 1 is 1.53 bits per heavy atom. The van der Waals surface area contributed by atoms with Gasteiger partial charge in [0.1, 0.15) is 0 Å². The van der Waals surface area contributed by atoms with Crippen LogP contribution >= 0.6 is 11.6 Å². The fourth-order valence-electron chi connectivity index (χ4n) is 1.95. The van der Waals surface area contributed by atoms with Gasteiger partial charge >= 0.3 is 0 Å². The molecule has 1 heterocycles. The highest BCUT2D eigenvalue weighted by atomic mass is 35.5. The Bertz CT molecular complexity index is 341. The number of aromatic hydroxyl groups is 1. The third-order valence-corrected chi connectivity index (χ3v) is 3.01. The fraction of sp³-hybridized carbons (Fsp3) is 0.455. The zero-order valence-corrected chi connectivity index (χ0v) is 9.02. The zero-order valence-electron chi connectivity index (χ0n) is 8.26. The van der Waals surface area contributed by atoms with Crippen LogP contribution in [0.1, 0.15) is 18.4 Å². The van der Waals surface area contributed by atoms with Crippen molar-refractivity contribution in [3.05, 3.63) is 28.5 Å². The Balaban J connectivity index is 2.14. The lowest BCUT2D eigenvalue weighted by atomic mass is 10.0. The average molecular weight is 230 g/mol. The van der Waals surface area contributed by atoms with Crippen LogP contribution in [0, 0.1) is 5.82 Å². The van der Waals surface area contributed by atoms with Crippen molar-refractivity contribution in [1.82, 2.24) is 5.32 Å². The molecule has 2 nitrogen and oxygen atoms in total. The van der Waals surface area contributed by atoms with Crippen molar-refractivity contribution in [1.29, 1.82) is 0 Å². The predicted octanol–water partition coefficient (Wildman–Crippen LogP) is 2.48. The summed E-state index contributed by atoms with van der Waals surface area (Å²) in [4.78, 5) is 0. The van der Waals surface area contributed by atoms with Gasteiger partial charge < -0.3 is 10.4 Å². The number of phenols is 1. The maximum absolute atomic E-state index is 13.2. The minimum atomic E-state index is -0.643. The van der Waals surface area contributed by atoms with Gasteiger partial charge in [0.25, 0.3) is 0 Å². The van der Waals surface area contributed by atoms with Crippen LogP contribution in [0.15, 0.2) is 12.1 Å². The second-order valence-corrected chi connectivity index (χ2v) is 4.31. The number of phenolic OH excluding ortho intramolecular Hbond substituents is 1. The molecule has 1 aliphatic rings. The summed E-state index contributed by atoms with van der Waals surface area (Å²) in [6, 6.07) is 3.38. The van der Waals surface area contributed by atoms with E-state index in [2.05, 4.69) is 5.32 Å². The molecule has 15 heavy (non-hydrogen) atoms. The van der Waals surface area contributed by atoms with E-state index in [0.29, 0.717) is 6.04 Å². The molecule has 1 fully saturated rings. The molecule has 1 aromatic rings. The molecular weight excluding hydrogens is 217 g/mol. The van der Waals surface area contributed by atoms with Gasteiger partial charge in [-0.15, -0.1) is 0 Å². The summed E-state index contributed by atoms with van der Waals surface area (Å²) in [7, 11) is 0. The lowest BCUT2D eigenvalue weighted by Gasteiger charge is -2.10. The van der Waals surface area contributed by atoms with Crippen molar-refractivity contribution < 1.29 is 9.50 Å². The largest absolute Gasteiger partial charge is 0.504 e. The molecule has 1 atom stereocenters. The molecule has 1 aliphatic heterocycles. The molecule has 0 bridgehead atoms. The molecule has 0 aromatic heterocycles. The van der Waals surface area contributed by atoms with Gasteiger partial charge in [0.15, 0.2) is 11.6 Å². The van der Waals surface area contributed by atoms with Crippen LogP contribution in [0.25, 0.3) is 0 Å². The first-order chi connectivity index (χ1) is 7.16. The minimum Gasteiger partial charge on any atom is -0.504 e. The van der Waals surface area contributed by atoms with Crippen LogP contribution in [0.5, 0.6) is 5.75 Å². The highest BCUT2D eigenvalue weighted by Crippen LogP contribution is 2.28. The first kappa shape index (κ1) is 10.7. The van der Waals surface area contributed by atoms with Crippen molar-refractivity contribution in [3.8, 4) is 5.75 Å². The predicted molar refractivity (Wildman–Crippen MR) is 57.8 cm³/mol. The zero-order chi connectivity index (χ0) is 10.8. The lowest BCUT2D eigenvalue weighted by Crippen LogP contribution is -2.23. The van der Waals surface area contributed by atoms with E-state index >= 15 is 0 Å². The third-order valence-electron chi connectivity index (χ3n) is 2.72. The monoisotopic (exact) mass is 229 g/mol. The molecule has 1 unspecified atom stereocenters. The van der Waals surface area contributed by atoms with E-state index in [4.69, 9.17) is 16.7 Å². The van der Waals surface area contributed by atoms with E-state index in [1.54, 1.807) is 6.07 Å². The molecule has 1 saturated heterocycles. The summed E-state index contributed by atoms with van der Waals surface area (Å²) in [6.45, 7) is 1.03. The second kappa shape index (κ2) is 4.37. The topological polar surface area (TPSA) is 32.3 Å². The van der Waals surface area contributed by atoms with Crippen molar-refractivity contribution in [2.45, 2.75) is 25.3 Å². The number of hydrogen-bond acceptors (Lipinski definition) is 2. The van der Waals surface area contributed by atoms with Gasteiger partial charge in [0.05, 0.1) is 5.02 Å². The molecule has 0 amide bonds. The molecule has 2 N–H and O–H groups in total. The molecular formula is C11H13ClFNO. The van der Waals surface area contributed by atoms with E-state index in [0.717, 1.165) is 24.9 Å². The van der Waals surface area contributed by atoms with E-state index in [1.165, 1.54) is 12.5 Å². The van der Waals surface area contributed by atoms with Crippen LogP contribution in [-0.4, -0.2) is 17.7 Å². The van der Waals surface area contributed by atoms with E-state index < -0.39 is 11.6 Å². The van der Waals surface area contributed by atoms with Gasteiger partial charge in [-0.1, -0.05) is 11.6 Å². The van der Waals surface area contributed by atoms with Crippen molar-refractivity contribution in [3.63, 3.8) is 0 Å². The van der Waals surface area contributed by atoms with Gasteiger partial charge in [-0.05, 0) is 43.5 Å². The number of nitrogens with one attached hydrogen (secondary N) is 1.